The second kappa shape index (κ2) is 8.50. The number of piperazine rings is 1. The molecule has 0 bridgehead atoms. The van der Waals surface area contributed by atoms with Crippen LogP contribution < -0.4 is 10.2 Å². The predicted molar refractivity (Wildman–Crippen MR) is 110 cm³/mol. The maximum absolute atomic E-state index is 13.0. The SMILES string of the molecule is O=C(Nc1ccc(F)cc1)c1csc(CN2CCN(c3ccccc3)CC2)n1. The highest BCUT2D eigenvalue weighted by atomic mass is 32.1. The Morgan fingerprint density at radius 3 is 2.46 bits per heavy atom. The van der Waals surface area contributed by atoms with Gasteiger partial charge in [-0.25, -0.2) is 9.37 Å². The quantitative estimate of drug-likeness (QED) is 0.712. The van der Waals surface area contributed by atoms with Crippen molar-refractivity contribution >= 4 is 28.6 Å². The van der Waals surface area contributed by atoms with E-state index in [-0.39, 0.29) is 11.7 Å². The molecule has 28 heavy (non-hydrogen) atoms. The van der Waals surface area contributed by atoms with Crippen LogP contribution in [0, 0.1) is 5.82 Å². The van der Waals surface area contributed by atoms with Crippen LogP contribution in [0.3, 0.4) is 0 Å². The van der Waals surface area contributed by atoms with Crippen LogP contribution in [-0.4, -0.2) is 42.0 Å². The molecule has 144 valence electrons. The third kappa shape index (κ3) is 4.55. The second-order valence-corrected chi connectivity index (χ2v) is 7.63. The molecule has 0 aliphatic carbocycles. The molecule has 0 atom stereocenters. The van der Waals surface area contributed by atoms with Crippen LogP contribution in [0.2, 0.25) is 0 Å². The Morgan fingerprint density at radius 1 is 1.04 bits per heavy atom. The van der Waals surface area contributed by atoms with Gasteiger partial charge in [-0.15, -0.1) is 11.3 Å². The van der Waals surface area contributed by atoms with Gasteiger partial charge in [0, 0.05) is 42.9 Å². The first-order chi connectivity index (χ1) is 13.7. The fraction of sp³-hybridized carbons (Fsp3) is 0.238. The second-order valence-electron chi connectivity index (χ2n) is 6.69. The van der Waals surface area contributed by atoms with Gasteiger partial charge in [0.1, 0.15) is 16.5 Å². The van der Waals surface area contributed by atoms with Crippen molar-refractivity contribution in [1.29, 1.82) is 0 Å². The minimum atomic E-state index is -0.332. The van der Waals surface area contributed by atoms with E-state index in [0.29, 0.717) is 11.4 Å². The lowest BCUT2D eigenvalue weighted by molar-refractivity contribution is 0.102. The van der Waals surface area contributed by atoms with E-state index in [4.69, 9.17) is 0 Å². The molecule has 0 radical (unpaired) electrons. The summed E-state index contributed by atoms with van der Waals surface area (Å²) in [6, 6.07) is 16.1. The monoisotopic (exact) mass is 396 g/mol. The number of carbonyl (C=O) groups is 1. The van der Waals surface area contributed by atoms with Gasteiger partial charge >= 0.3 is 0 Å². The molecule has 1 aliphatic heterocycles. The normalized spacial score (nSPS) is 14.8. The molecule has 1 aromatic heterocycles. The number of thiazole rings is 1. The Hall–Kier alpha value is -2.77. The number of halogens is 1. The molecular formula is C21H21FN4OS. The highest BCUT2D eigenvalue weighted by Gasteiger charge is 2.19. The molecule has 5 nitrogen and oxygen atoms in total. The Bertz CT molecular complexity index is 921. The smallest absolute Gasteiger partial charge is 0.275 e. The lowest BCUT2D eigenvalue weighted by Crippen LogP contribution is -2.45. The van der Waals surface area contributed by atoms with Gasteiger partial charge in [-0.05, 0) is 36.4 Å². The Balaban J connectivity index is 1.30. The first kappa shape index (κ1) is 18.6. The molecule has 1 fully saturated rings. The van der Waals surface area contributed by atoms with E-state index in [1.54, 1.807) is 5.38 Å². The number of para-hydroxylation sites is 1. The van der Waals surface area contributed by atoms with E-state index in [2.05, 4.69) is 44.4 Å². The van der Waals surface area contributed by atoms with Gasteiger partial charge in [0.15, 0.2) is 0 Å². The molecule has 0 saturated carbocycles. The molecular weight excluding hydrogens is 375 g/mol. The zero-order chi connectivity index (χ0) is 19.3. The van der Waals surface area contributed by atoms with Crippen molar-refractivity contribution in [1.82, 2.24) is 9.88 Å². The molecule has 1 amide bonds. The number of amides is 1. The predicted octanol–water partition coefficient (Wildman–Crippen LogP) is 3.86. The number of hydrogen-bond acceptors (Lipinski definition) is 5. The summed E-state index contributed by atoms with van der Waals surface area (Å²) in [6.45, 7) is 4.63. The summed E-state index contributed by atoms with van der Waals surface area (Å²) in [5, 5.41) is 5.45. The summed E-state index contributed by atoms with van der Waals surface area (Å²) < 4.78 is 13.0. The van der Waals surface area contributed by atoms with Crippen LogP contribution >= 0.6 is 11.3 Å². The van der Waals surface area contributed by atoms with Gasteiger partial charge in [-0.3, -0.25) is 9.69 Å². The first-order valence-corrected chi connectivity index (χ1v) is 10.1. The zero-order valence-electron chi connectivity index (χ0n) is 15.3. The Labute approximate surface area is 167 Å². The van der Waals surface area contributed by atoms with E-state index in [0.717, 1.165) is 37.7 Å². The number of carbonyl (C=O) groups excluding carboxylic acids is 1. The molecule has 1 aliphatic rings. The zero-order valence-corrected chi connectivity index (χ0v) is 16.2. The third-order valence-corrected chi connectivity index (χ3v) is 5.57. The first-order valence-electron chi connectivity index (χ1n) is 9.21. The summed E-state index contributed by atoms with van der Waals surface area (Å²) in [5.41, 5.74) is 2.21. The molecule has 4 rings (SSSR count). The number of nitrogens with zero attached hydrogens (tertiary/aromatic N) is 3. The molecule has 0 unspecified atom stereocenters. The summed E-state index contributed by atoms with van der Waals surface area (Å²) in [7, 11) is 0. The molecule has 2 aromatic carbocycles. The number of rotatable bonds is 5. The van der Waals surface area contributed by atoms with Crippen molar-refractivity contribution in [2.75, 3.05) is 36.4 Å². The van der Waals surface area contributed by atoms with Gasteiger partial charge in [0.2, 0.25) is 0 Å². The number of hydrogen-bond donors (Lipinski definition) is 1. The van der Waals surface area contributed by atoms with E-state index >= 15 is 0 Å². The van der Waals surface area contributed by atoms with Gasteiger partial charge in [0.05, 0.1) is 6.54 Å². The largest absolute Gasteiger partial charge is 0.369 e. The third-order valence-electron chi connectivity index (χ3n) is 4.74. The number of aromatic nitrogens is 1. The van der Waals surface area contributed by atoms with E-state index in [1.165, 1.54) is 41.3 Å². The number of anilines is 2. The van der Waals surface area contributed by atoms with Crippen molar-refractivity contribution in [2.45, 2.75) is 6.54 Å². The number of benzene rings is 2. The molecule has 1 N–H and O–H groups in total. The van der Waals surface area contributed by atoms with Crippen LogP contribution in [0.25, 0.3) is 0 Å². The maximum Gasteiger partial charge on any atom is 0.275 e. The summed E-state index contributed by atoms with van der Waals surface area (Å²) in [6.07, 6.45) is 0. The lowest BCUT2D eigenvalue weighted by atomic mass is 10.2. The Kier molecular flexibility index (Phi) is 5.64. The van der Waals surface area contributed by atoms with Crippen LogP contribution in [0.15, 0.2) is 60.0 Å². The minimum absolute atomic E-state index is 0.275. The fourth-order valence-electron chi connectivity index (χ4n) is 3.21. The molecule has 1 saturated heterocycles. The fourth-order valence-corrected chi connectivity index (χ4v) is 4.03. The van der Waals surface area contributed by atoms with Crippen LogP contribution in [0.1, 0.15) is 15.5 Å². The molecule has 2 heterocycles. The average Bonchev–Trinajstić information content (AvgIpc) is 3.20. The van der Waals surface area contributed by atoms with Crippen molar-refractivity contribution < 1.29 is 9.18 Å². The summed E-state index contributed by atoms with van der Waals surface area (Å²) in [5.74, 6) is -0.607. The molecule has 7 heteroatoms. The Morgan fingerprint density at radius 2 is 1.75 bits per heavy atom. The van der Waals surface area contributed by atoms with Gasteiger partial charge in [-0.2, -0.15) is 0 Å². The van der Waals surface area contributed by atoms with Crippen molar-refractivity contribution in [3.63, 3.8) is 0 Å². The summed E-state index contributed by atoms with van der Waals surface area (Å²) >= 11 is 1.49. The molecule has 3 aromatic rings. The van der Waals surface area contributed by atoms with E-state index in [1.807, 2.05) is 6.07 Å². The number of nitrogens with one attached hydrogen (secondary N) is 1. The van der Waals surface area contributed by atoms with Crippen LogP contribution in [0.4, 0.5) is 15.8 Å². The average molecular weight is 396 g/mol. The maximum atomic E-state index is 13.0. The van der Waals surface area contributed by atoms with Crippen molar-refractivity contribution in [3.8, 4) is 0 Å². The minimum Gasteiger partial charge on any atom is -0.369 e. The molecule has 0 spiro atoms. The highest BCUT2D eigenvalue weighted by Crippen LogP contribution is 2.19. The van der Waals surface area contributed by atoms with Gasteiger partial charge in [-0.1, -0.05) is 18.2 Å². The van der Waals surface area contributed by atoms with E-state index < -0.39 is 0 Å². The summed E-state index contributed by atoms with van der Waals surface area (Å²) in [4.78, 5) is 21.5. The standard InChI is InChI=1S/C21H21FN4OS/c22-16-6-8-17(9-7-16)23-21(27)19-15-28-20(24-19)14-25-10-12-26(13-11-25)18-4-2-1-3-5-18/h1-9,15H,10-14H2,(H,23,27). The van der Waals surface area contributed by atoms with Crippen molar-refractivity contribution in [3.05, 3.63) is 76.5 Å². The van der Waals surface area contributed by atoms with Gasteiger partial charge < -0.3 is 10.2 Å². The van der Waals surface area contributed by atoms with E-state index in [9.17, 15) is 9.18 Å². The van der Waals surface area contributed by atoms with Gasteiger partial charge in [0.25, 0.3) is 5.91 Å². The lowest BCUT2D eigenvalue weighted by Gasteiger charge is -2.35. The van der Waals surface area contributed by atoms with Crippen molar-refractivity contribution in [2.24, 2.45) is 0 Å². The van der Waals surface area contributed by atoms with Crippen LogP contribution in [-0.2, 0) is 6.54 Å². The highest BCUT2D eigenvalue weighted by molar-refractivity contribution is 7.09. The topological polar surface area (TPSA) is 48.5 Å². The van der Waals surface area contributed by atoms with Crippen LogP contribution in [0.5, 0.6) is 0 Å².